The molecule has 1 heterocycles. The third kappa shape index (κ3) is 1.95. The average molecular weight is 231 g/mol. The largest absolute Gasteiger partial charge is 0.273 e. The Morgan fingerprint density at radius 1 is 1.25 bits per heavy atom. The molecule has 0 unspecified atom stereocenters. The molecule has 0 radical (unpaired) electrons. The van der Waals surface area contributed by atoms with Crippen LogP contribution in [0.15, 0.2) is 24.3 Å². The Balaban J connectivity index is 2.38. The van der Waals surface area contributed by atoms with Gasteiger partial charge in [0.2, 0.25) is 11.8 Å². The number of terminal acetylenes is 1. The number of benzene rings is 1. The van der Waals surface area contributed by atoms with Crippen LogP contribution in [0.1, 0.15) is 5.56 Å². The Hall–Kier alpha value is -1.73. The maximum absolute atomic E-state index is 11.6. The summed E-state index contributed by atoms with van der Waals surface area (Å²) in [5.41, 5.74) is 1.22. The molecule has 0 bridgehead atoms. The molecule has 0 atom stereocenters. The minimum Gasteiger partial charge on any atom is -0.273 e. The number of hydrogen-bond donors (Lipinski definition) is 0. The van der Waals surface area contributed by atoms with E-state index in [2.05, 4.69) is 5.92 Å². The summed E-state index contributed by atoms with van der Waals surface area (Å²) in [6, 6.07) is 6.89. The number of carbonyl (C=O) groups is 2. The van der Waals surface area contributed by atoms with E-state index in [4.69, 9.17) is 6.42 Å². The first-order valence-corrected chi connectivity index (χ1v) is 5.88. The van der Waals surface area contributed by atoms with E-state index in [1.165, 1.54) is 16.7 Å². The summed E-state index contributed by atoms with van der Waals surface area (Å²) >= 11 is 1.34. The van der Waals surface area contributed by atoms with Crippen molar-refractivity contribution in [1.29, 1.82) is 0 Å². The topological polar surface area (TPSA) is 37.4 Å². The van der Waals surface area contributed by atoms with Gasteiger partial charge in [0.1, 0.15) is 0 Å². The molecule has 0 aromatic heterocycles. The Morgan fingerprint density at radius 2 is 1.94 bits per heavy atom. The molecule has 2 rings (SSSR count). The van der Waals surface area contributed by atoms with Gasteiger partial charge >= 0.3 is 0 Å². The van der Waals surface area contributed by atoms with Crippen LogP contribution >= 0.6 is 11.8 Å². The lowest BCUT2D eigenvalue weighted by Crippen LogP contribution is -2.43. The number of amides is 2. The SMILES string of the molecule is C#Cc1cccc(N2C(=O)CSCC2=O)c1. The molecule has 1 aliphatic rings. The highest BCUT2D eigenvalue weighted by Gasteiger charge is 2.27. The predicted octanol–water partition coefficient (Wildman–Crippen LogP) is 1.27. The van der Waals surface area contributed by atoms with E-state index in [0.29, 0.717) is 22.8 Å². The van der Waals surface area contributed by atoms with E-state index in [9.17, 15) is 9.59 Å². The van der Waals surface area contributed by atoms with Gasteiger partial charge in [-0.05, 0) is 18.2 Å². The van der Waals surface area contributed by atoms with Crippen molar-refractivity contribution in [3.8, 4) is 12.3 Å². The van der Waals surface area contributed by atoms with Crippen molar-refractivity contribution in [2.45, 2.75) is 0 Å². The number of nitrogens with zero attached hydrogens (tertiary/aromatic N) is 1. The lowest BCUT2D eigenvalue weighted by molar-refractivity contribution is -0.124. The minimum absolute atomic E-state index is 0.185. The monoisotopic (exact) mass is 231 g/mol. The van der Waals surface area contributed by atoms with E-state index in [1.54, 1.807) is 24.3 Å². The molecule has 3 nitrogen and oxygen atoms in total. The van der Waals surface area contributed by atoms with Crippen molar-refractivity contribution >= 4 is 29.3 Å². The van der Waals surface area contributed by atoms with Crippen molar-refractivity contribution in [3.63, 3.8) is 0 Å². The van der Waals surface area contributed by atoms with Gasteiger partial charge in [-0.25, -0.2) is 4.90 Å². The van der Waals surface area contributed by atoms with Gasteiger partial charge in [-0.2, -0.15) is 0 Å². The molecule has 0 spiro atoms. The number of anilines is 1. The van der Waals surface area contributed by atoms with Crippen molar-refractivity contribution in [1.82, 2.24) is 0 Å². The lowest BCUT2D eigenvalue weighted by atomic mass is 10.2. The van der Waals surface area contributed by atoms with E-state index in [1.807, 2.05) is 0 Å². The molecule has 0 N–H and O–H groups in total. The zero-order chi connectivity index (χ0) is 11.5. The lowest BCUT2D eigenvalue weighted by Gasteiger charge is -2.24. The second-order valence-electron chi connectivity index (χ2n) is 3.31. The molecule has 2 amide bonds. The summed E-state index contributed by atoms with van der Waals surface area (Å²) in [7, 11) is 0. The molecule has 1 saturated heterocycles. The van der Waals surface area contributed by atoms with Crippen LogP contribution in [0.4, 0.5) is 5.69 Å². The second-order valence-corrected chi connectivity index (χ2v) is 4.30. The average Bonchev–Trinajstić information content (AvgIpc) is 2.29. The zero-order valence-electron chi connectivity index (χ0n) is 8.47. The highest BCUT2D eigenvalue weighted by molar-refractivity contribution is 8.00. The molecular weight excluding hydrogens is 222 g/mol. The Bertz CT molecular complexity index is 474. The van der Waals surface area contributed by atoms with E-state index in [-0.39, 0.29) is 11.8 Å². The second kappa shape index (κ2) is 4.42. The van der Waals surface area contributed by atoms with Crippen LogP contribution in [0.2, 0.25) is 0 Å². The highest BCUT2D eigenvalue weighted by Crippen LogP contribution is 2.22. The van der Waals surface area contributed by atoms with Gasteiger partial charge in [0.05, 0.1) is 17.2 Å². The molecule has 1 aliphatic heterocycles. The van der Waals surface area contributed by atoms with Crippen LogP contribution < -0.4 is 4.90 Å². The first kappa shape index (κ1) is 10.8. The van der Waals surface area contributed by atoms with Crippen LogP contribution in [-0.2, 0) is 9.59 Å². The number of hydrogen-bond acceptors (Lipinski definition) is 3. The van der Waals surface area contributed by atoms with Crippen molar-refractivity contribution in [3.05, 3.63) is 29.8 Å². The van der Waals surface area contributed by atoms with Gasteiger partial charge in [-0.15, -0.1) is 18.2 Å². The highest BCUT2D eigenvalue weighted by atomic mass is 32.2. The first-order valence-electron chi connectivity index (χ1n) is 4.72. The van der Waals surface area contributed by atoms with Gasteiger partial charge < -0.3 is 0 Å². The molecule has 16 heavy (non-hydrogen) atoms. The minimum atomic E-state index is -0.185. The third-order valence-electron chi connectivity index (χ3n) is 2.22. The Morgan fingerprint density at radius 3 is 2.56 bits per heavy atom. The van der Waals surface area contributed by atoms with Gasteiger partial charge in [-0.3, -0.25) is 9.59 Å². The van der Waals surface area contributed by atoms with E-state index < -0.39 is 0 Å². The van der Waals surface area contributed by atoms with Crippen LogP contribution in [0.5, 0.6) is 0 Å². The van der Waals surface area contributed by atoms with Gasteiger partial charge in [0, 0.05) is 5.56 Å². The fourth-order valence-corrected chi connectivity index (χ4v) is 2.23. The number of rotatable bonds is 1. The van der Waals surface area contributed by atoms with Crippen molar-refractivity contribution in [2.24, 2.45) is 0 Å². The van der Waals surface area contributed by atoms with Crippen molar-refractivity contribution < 1.29 is 9.59 Å². The molecule has 1 aromatic carbocycles. The van der Waals surface area contributed by atoms with Gasteiger partial charge in [0.25, 0.3) is 0 Å². The van der Waals surface area contributed by atoms with Gasteiger partial charge in [-0.1, -0.05) is 12.0 Å². The standard InChI is InChI=1S/C12H9NO2S/c1-2-9-4-3-5-10(6-9)13-11(14)7-16-8-12(13)15/h1,3-6H,7-8H2. The van der Waals surface area contributed by atoms with Crippen LogP contribution in [-0.4, -0.2) is 23.3 Å². The quantitative estimate of drug-likeness (QED) is 0.539. The van der Waals surface area contributed by atoms with Crippen molar-refractivity contribution in [2.75, 3.05) is 16.4 Å². The predicted molar refractivity (Wildman–Crippen MR) is 64.2 cm³/mol. The van der Waals surface area contributed by atoms with Crippen LogP contribution in [0, 0.1) is 12.3 Å². The summed E-state index contributed by atoms with van der Waals surface area (Å²) in [5.74, 6) is 2.79. The number of imide groups is 1. The van der Waals surface area contributed by atoms with Crippen LogP contribution in [0.3, 0.4) is 0 Å². The molecule has 0 aliphatic carbocycles. The summed E-state index contributed by atoms with van der Waals surface area (Å²) in [5, 5.41) is 0. The van der Waals surface area contributed by atoms with Gasteiger partial charge in [0.15, 0.2) is 0 Å². The smallest absolute Gasteiger partial charge is 0.243 e. The molecule has 80 valence electrons. The zero-order valence-corrected chi connectivity index (χ0v) is 9.29. The normalized spacial score (nSPS) is 16.1. The number of carbonyl (C=O) groups excluding carboxylic acids is 2. The van der Waals surface area contributed by atoms with E-state index >= 15 is 0 Å². The molecular formula is C12H9NO2S. The fourth-order valence-electron chi connectivity index (χ4n) is 1.52. The molecule has 1 fully saturated rings. The maximum Gasteiger partial charge on any atom is 0.243 e. The first-order chi connectivity index (χ1) is 7.72. The fraction of sp³-hybridized carbons (Fsp3) is 0.167. The molecule has 1 aromatic rings. The van der Waals surface area contributed by atoms with E-state index in [0.717, 1.165) is 0 Å². The Labute approximate surface area is 97.8 Å². The third-order valence-corrected chi connectivity index (χ3v) is 3.12. The summed E-state index contributed by atoms with van der Waals surface area (Å²) < 4.78 is 0. The summed E-state index contributed by atoms with van der Waals surface area (Å²) in [6.45, 7) is 0. The summed E-state index contributed by atoms with van der Waals surface area (Å²) in [6.07, 6.45) is 5.28. The Kier molecular flexibility index (Phi) is 2.97. The summed E-state index contributed by atoms with van der Waals surface area (Å²) in [4.78, 5) is 24.5. The van der Waals surface area contributed by atoms with Crippen LogP contribution in [0.25, 0.3) is 0 Å². The molecule has 4 heteroatoms. The molecule has 0 saturated carbocycles. The number of thioether (sulfide) groups is 1. The maximum atomic E-state index is 11.6.